The van der Waals surface area contributed by atoms with Crippen LogP contribution in [0.15, 0.2) is 48.5 Å². The Morgan fingerprint density at radius 3 is 2.39 bits per heavy atom. The van der Waals surface area contributed by atoms with E-state index in [9.17, 15) is 24.8 Å². The number of para-hydroxylation sites is 1. The van der Waals surface area contributed by atoms with E-state index in [4.69, 9.17) is 0 Å². The van der Waals surface area contributed by atoms with Crippen molar-refractivity contribution in [3.8, 4) is 0 Å². The van der Waals surface area contributed by atoms with Gasteiger partial charge >= 0.3 is 0 Å². The molecule has 146 valence electrons. The number of likely N-dealkylation sites (tertiary alicyclic amines) is 1. The summed E-state index contributed by atoms with van der Waals surface area (Å²) in [7, 11) is 0. The number of benzene rings is 2. The number of carbonyl (C=O) groups is 2. The third-order valence-corrected chi connectivity index (χ3v) is 4.73. The molecule has 1 fully saturated rings. The van der Waals surface area contributed by atoms with Crippen LogP contribution in [0, 0.1) is 10.1 Å². The highest BCUT2D eigenvalue weighted by molar-refractivity contribution is 6.07. The Kier molecular flexibility index (Phi) is 6.00. The van der Waals surface area contributed by atoms with Crippen molar-refractivity contribution in [1.29, 1.82) is 0 Å². The van der Waals surface area contributed by atoms with Crippen molar-refractivity contribution in [2.24, 2.45) is 0 Å². The van der Waals surface area contributed by atoms with Crippen molar-refractivity contribution in [1.82, 2.24) is 4.90 Å². The zero-order chi connectivity index (χ0) is 20.1. The second kappa shape index (κ2) is 8.62. The van der Waals surface area contributed by atoms with Crippen LogP contribution >= 0.6 is 0 Å². The molecule has 2 aromatic rings. The molecule has 0 bridgehead atoms. The molecule has 8 nitrogen and oxygen atoms in total. The number of nitro benzene ring substituents is 1. The van der Waals surface area contributed by atoms with E-state index < -0.39 is 10.8 Å². The quantitative estimate of drug-likeness (QED) is 0.608. The second-order valence-electron chi connectivity index (χ2n) is 6.71. The van der Waals surface area contributed by atoms with Gasteiger partial charge in [-0.05, 0) is 36.6 Å². The minimum atomic E-state index is -0.594. The van der Waals surface area contributed by atoms with Gasteiger partial charge < -0.3 is 15.3 Å². The molecule has 2 N–H and O–H groups in total. The van der Waals surface area contributed by atoms with E-state index in [1.54, 1.807) is 35.2 Å². The van der Waals surface area contributed by atoms with E-state index >= 15 is 0 Å². The van der Waals surface area contributed by atoms with E-state index in [-0.39, 0.29) is 29.7 Å². The zero-order valence-electron chi connectivity index (χ0n) is 15.2. The van der Waals surface area contributed by atoms with E-state index in [1.807, 2.05) is 0 Å². The lowest BCUT2D eigenvalue weighted by Gasteiger charge is -2.29. The predicted molar refractivity (Wildman–Crippen MR) is 103 cm³/mol. The molecule has 1 aliphatic heterocycles. The Hall–Kier alpha value is -3.26. The highest BCUT2D eigenvalue weighted by Crippen LogP contribution is 2.20. The largest absolute Gasteiger partial charge is 0.393 e. The third kappa shape index (κ3) is 4.72. The highest BCUT2D eigenvalue weighted by atomic mass is 16.6. The molecule has 2 amide bonds. The van der Waals surface area contributed by atoms with Crippen molar-refractivity contribution in [2.75, 3.05) is 18.4 Å². The van der Waals surface area contributed by atoms with E-state index in [0.717, 1.165) is 5.56 Å². The topological polar surface area (TPSA) is 113 Å². The summed E-state index contributed by atoms with van der Waals surface area (Å²) in [5, 5.41) is 23.2. The first-order chi connectivity index (χ1) is 13.4. The Labute approximate surface area is 161 Å². The maximum Gasteiger partial charge on any atom is 0.282 e. The average molecular weight is 383 g/mol. The van der Waals surface area contributed by atoms with Gasteiger partial charge in [-0.1, -0.05) is 24.3 Å². The van der Waals surface area contributed by atoms with Gasteiger partial charge in [0, 0.05) is 24.8 Å². The molecule has 3 rings (SSSR count). The van der Waals surface area contributed by atoms with Crippen molar-refractivity contribution in [3.05, 3.63) is 69.8 Å². The summed E-state index contributed by atoms with van der Waals surface area (Å²) in [6.07, 6.45) is 1.12. The number of anilines is 1. The standard InChI is InChI=1S/C20H21N3O5/c24-16-9-11-22(12-10-16)19(25)13-14-5-7-15(8-6-14)21-20(26)17-3-1-2-4-18(17)23(27)28/h1-8,16,24H,9-13H2,(H,21,26). The van der Waals surface area contributed by atoms with Gasteiger partial charge in [0.2, 0.25) is 5.91 Å². The summed E-state index contributed by atoms with van der Waals surface area (Å²) < 4.78 is 0. The summed E-state index contributed by atoms with van der Waals surface area (Å²) in [6.45, 7) is 1.12. The van der Waals surface area contributed by atoms with E-state index in [0.29, 0.717) is 31.6 Å². The number of rotatable bonds is 5. The normalized spacial score (nSPS) is 14.5. The van der Waals surface area contributed by atoms with Crippen LogP contribution in [0.1, 0.15) is 28.8 Å². The second-order valence-corrected chi connectivity index (χ2v) is 6.71. The van der Waals surface area contributed by atoms with Gasteiger partial charge in [-0.25, -0.2) is 0 Å². The minimum Gasteiger partial charge on any atom is -0.393 e. The average Bonchev–Trinajstić information content (AvgIpc) is 2.70. The first-order valence-corrected chi connectivity index (χ1v) is 9.03. The first-order valence-electron chi connectivity index (χ1n) is 9.03. The Morgan fingerprint density at radius 2 is 1.75 bits per heavy atom. The van der Waals surface area contributed by atoms with Crippen molar-refractivity contribution < 1.29 is 19.6 Å². The fourth-order valence-corrected chi connectivity index (χ4v) is 3.13. The molecule has 1 heterocycles. The Balaban J connectivity index is 1.61. The fraction of sp³-hybridized carbons (Fsp3) is 0.300. The monoisotopic (exact) mass is 383 g/mol. The molecule has 0 aliphatic carbocycles. The Morgan fingerprint density at radius 1 is 1.11 bits per heavy atom. The lowest BCUT2D eigenvalue weighted by Crippen LogP contribution is -2.40. The number of amides is 2. The SMILES string of the molecule is O=C(Nc1ccc(CC(=O)N2CCC(O)CC2)cc1)c1ccccc1[N+](=O)[O-]. The molecular formula is C20H21N3O5. The van der Waals surface area contributed by atoms with Crippen LogP contribution in [0.4, 0.5) is 11.4 Å². The van der Waals surface area contributed by atoms with Crippen LogP contribution in [0.3, 0.4) is 0 Å². The number of nitrogens with zero attached hydrogens (tertiary/aromatic N) is 2. The number of carbonyl (C=O) groups excluding carboxylic acids is 2. The molecule has 0 aromatic heterocycles. The Bertz CT molecular complexity index is 874. The number of nitro groups is 1. The number of hydrogen-bond acceptors (Lipinski definition) is 5. The number of hydrogen-bond donors (Lipinski definition) is 2. The van der Waals surface area contributed by atoms with Crippen LogP contribution in [-0.2, 0) is 11.2 Å². The van der Waals surface area contributed by atoms with Gasteiger partial charge in [0.25, 0.3) is 11.6 Å². The molecule has 0 spiro atoms. The van der Waals surface area contributed by atoms with Crippen LogP contribution in [0.25, 0.3) is 0 Å². The maximum absolute atomic E-state index is 12.3. The van der Waals surface area contributed by atoms with Gasteiger partial charge in [-0.2, -0.15) is 0 Å². The minimum absolute atomic E-state index is 0.00333. The predicted octanol–water partition coefficient (Wildman–Crippen LogP) is 2.37. The van der Waals surface area contributed by atoms with Crippen molar-refractivity contribution in [2.45, 2.75) is 25.4 Å². The summed E-state index contributed by atoms with van der Waals surface area (Å²) in [4.78, 5) is 36.9. The van der Waals surface area contributed by atoms with Gasteiger partial charge in [0.15, 0.2) is 0 Å². The molecule has 0 radical (unpaired) electrons. The summed E-state index contributed by atoms with van der Waals surface area (Å²) in [6, 6.07) is 12.6. The van der Waals surface area contributed by atoms with Crippen molar-refractivity contribution >= 4 is 23.2 Å². The molecule has 0 saturated carbocycles. The van der Waals surface area contributed by atoms with Gasteiger partial charge in [0.05, 0.1) is 17.4 Å². The molecule has 0 unspecified atom stereocenters. The zero-order valence-corrected chi connectivity index (χ0v) is 15.2. The molecule has 28 heavy (non-hydrogen) atoms. The highest BCUT2D eigenvalue weighted by Gasteiger charge is 2.21. The molecule has 8 heteroatoms. The number of piperidine rings is 1. The van der Waals surface area contributed by atoms with Crippen molar-refractivity contribution in [3.63, 3.8) is 0 Å². The lowest BCUT2D eigenvalue weighted by molar-refractivity contribution is -0.385. The summed E-state index contributed by atoms with van der Waals surface area (Å²) >= 11 is 0. The maximum atomic E-state index is 12.3. The van der Waals surface area contributed by atoms with Crippen LogP contribution in [-0.4, -0.2) is 45.9 Å². The summed E-state index contributed by atoms with van der Waals surface area (Å²) in [5.74, 6) is -0.563. The van der Waals surface area contributed by atoms with Crippen LogP contribution in [0.5, 0.6) is 0 Å². The lowest BCUT2D eigenvalue weighted by atomic mass is 10.1. The van der Waals surface area contributed by atoms with Crippen LogP contribution < -0.4 is 5.32 Å². The molecular weight excluding hydrogens is 362 g/mol. The smallest absolute Gasteiger partial charge is 0.282 e. The molecule has 2 aromatic carbocycles. The van der Waals surface area contributed by atoms with Gasteiger partial charge in [-0.3, -0.25) is 19.7 Å². The summed E-state index contributed by atoms with van der Waals surface area (Å²) in [5.41, 5.74) is 1.02. The van der Waals surface area contributed by atoms with E-state index in [2.05, 4.69) is 5.32 Å². The fourth-order valence-electron chi connectivity index (χ4n) is 3.13. The number of nitrogens with one attached hydrogen (secondary N) is 1. The molecule has 0 atom stereocenters. The molecule has 1 saturated heterocycles. The van der Waals surface area contributed by atoms with E-state index in [1.165, 1.54) is 18.2 Å². The third-order valence-electron chi connectivity index (χ3n) is 4.73. The number of aliphatic hydroxyl groups excluding tert-OH is 1. The number of aliphatic hydroxyl groups is 1. The first kappa shape index (κ1) is 19.5. The molecule has 1 aliphatic rings. The van der Waals surface area contributed by atoms with Crippen LogP contribution in [0.2, 0.25) is 0 Å². The van der Waals surface area contributed by atoms with Gasteiger partial charge in [0.1, 0.15) is 5.56 Å². The van der Waals surface area contributed by atoms with Gasteiger partial charge in [-0.15, -0.1) is 0 Å².